The van der Waals surface area contributed by atoms with E-state index in [1.54, 1.807) is 0 Å². The second kappa shape index (κ2) is 16.5. The Bertz CT molecular complexity index is 198. The van der Waals surface area contributed by atoms with E-state index >= 15 is 0 Å². The van der Waals surface area contributed by atoms with Crippen LogP contribution in [0.4, 0.5) is 0 Å². The number of rotatable bonds is 13. The van der Waals surface area contributed by atoms with Gasteiger partial charge in [0.15, 0.2) is 0 Å². The van der Waals surface area contributed by atoms with E-state index in [0.717, 1.165) is 19.3 Å². The molecule has 0 aliphatic carbocycles. The van der Waals surface area contributed by atoms with Crippen LogP contribution in [0.15, 0.2) is 0 Å². The fourth-order valence-corrected chi connectivity index (χ4v) is 2.12. The van der Waals surface area contributed by atoms with Crippen LogP contribution >= 0.6 is 0 Å². The van der Waals surface area contributed by atoms with E-state index in [1.807, 2.05) is 0 Å². The monoisotopic (exact) mass is 280 g/mol. The third kappa shape index (κ3) is 16.4. The van der Waals surface area contributed by atoms with Crippen LogP contribution in [0.25, 0.3) is 0 Å². The second-order valence-electron chi connectivity index (χ2n) is 5.16. The summed E-state index contributed by atoms with van der Waals surface area (Å²) >= 11 is 0. The zero-order valence-corrected chi connectivity index (χ0v) is 14.8. The number of aliphatic hydroxyl groups is 1. The average molecular weight is 280 g/mol. The summed E-state index contributed by atoms with van der Waals surface area (Å²) in [5, 5.41) is 19.3. The Kier molecular flexibility index (Phi) is 18.8. The molecule has 0 aromatic rings. The van der Waals surface area contributed by atoms with Crippen LogP contribution in [0.1, 0.15) is 84.0 Å². The Hall–Kier alpha value is 0.430. The number of carboxylic acid groups (broad SMARTS) is 1. The molecule has 0 fully saturated rings. The van der Waals surface area contributed by atoms with Crippen molar-refractivity contribution >= 4 is 5.97 Å². The molecule has 0 saturated heterocycles. The quantitative estimate of drug-likeness (QED) is 0.375. The molecule has 0 rings (SSSR count). The Morgan fingerprint density at radius 2 is 1.26 bits per heavy atom. The van der Waals surface area contributed by atoms with E-state index < -0.39 is 12.1 Å². The maximum atomic E-state index is 10.3. The number of aliphatic hydroxyl groups excluding tert-OH is 1. The molecule has 0 spiro atoms. The van der Waals surface area contributed by atoms with Gasteiger partial charge in [0.25, 0.3) is 0 Å². The fraction of sp³-hybridized carbons (Fsp3) is 0.933. The topological polar surface area (TPSA) is 60.4 Å². The first kappa shape index (κ1) is 21.7. The van der Waals surface area contributed by atoms with Crippen molar-refractivity contribution in [3.63, 3.8) is 0 Å². The van der Waals surface area contributed by atoms with Gasteiger partial charge in [-0.1, -0.05) is 77.6 Å². The van der Waals surface area contributed by atoms with Crippen molar-refractivity contribution in [2.75, 3.05) is 0 Å². The first-order chi connectivity index (χ1) is 8.68. The first-order valence-corrected chi connectivity index (χ1v) is 7.57. The Morgan fingerprint density at radius 3 is 1.63 bits per heavy atom. The maximum Gasteiger partial charge on any atom is 1.00 e. The molecule has 0 bridgehead atoms. The summed E-state index contributed by atoms with van der Waals surface area (Å²) in [6.45, 7) is 2.23. The van der Waals surface area contributed by atoms with Gasteiger partial charge in [0.1, 0.15) is 0 Å². The molecule has 4 heteroatoms. The van der Waals surface area contributed by atoms with Crippen LogP contribution in [0, 0.1) is 0 Å². The second-order valence-corrected chi connectivity index (χ2v) is 5.16. The summed E-state index contributed by atoms with van der Waals surface area (Å²) in [6.07, 6.45) is 12.6. The average Bonchev–Trinajstić information content (AvgIpc) is 2.35. The van der Waals surface area contributed by atoms with Crippen molar-refractivity contribution < 1.29 is 44.6 Å². The summed E-state index contributed by atoms with van der Waals surface area (Å²) in [5.74, 6) is -1.35. The number of carbonyl (C=O) groups excluding carboxylic acids is 1. The van der Waals surface area contributed by atoms with Gasteiger partial charge in [-0.25, -0.2) is 0 Å². The smallest absolute Gasteiger partial charge is 0.547 e. The minimum absolute atomic E-state index is 0. The first-order valence-electron chi connectivity index (χ1n) is 7.57. The van der Waals surface area contributed by atoms with E-state index in [9.17, 15) is 9.90 Å². The van der Waals surface area contributed by atoms with Crippen LogP contribution in [0.2, 0.25) is 0 Å². The van der Waals surface area contributed by atoms with Crippen molar-refractivity contribution in [2.24, 2.45) is 0 Å². The summed E-state index contributed by atoms with van der Waals surface area (Å²) in [6, 6.07) is 0. The Labute approximate surface area is 140 Å². The molecule has 0 aliphatic rings. The minimum Gasteiger partial charge on any atom is -0.547 e. The number of carboxylic acids is 1. The molecule has 1 N–H and O–H groups in total. The molecule has 1 unspecified atom stereocenters. The van der Waals surface area contributed by atoms with Crippen molar-refractivity contribution in [3.8, 4) is 0 Å². The van der Waals surface area contributed by atoms with Crippen molar-refractivity contribution in [1.29, 1.82) is 0 Å². The van der Waals surface area contributed by atoms with Gasteiger partial charge >= 0.3 is 29.6 Å². The van der Waals surface area contributed by atoms with Gasteiger partial charge < -0.3 is 15.0 Å². The van der Waals surface area contributed by atoms with Crippen LogP contribution in [0.3, 0.4) is 0 Å². The third-order valence-corrected chi connectivity index (χ3v) is 3.35. The molecular weight excluding hydrogens is 251 g/mol. The summed E-state index contributed by atoms with van der Waals surface area (Å²) in [4.78, 5) is 10.3. The molecule has 0 radical (unpaired) electrons. The predicted octanol–water partition coefficient (Wildman–Crippen LogP) is -0.198. The van der Waals surface area contributed by atoms with Crippen LogP contribution in [0.5, 0.6) is 0 Å². The minimum atomic E-state index is -1.35. The van der Waals surface area contributed by atoms with Gasteiger partial charge in [-0.2, -0.15) is 0 Å². The third-order valence-electron chi connectivity index (χ3n) is 3.35. The number of carbonyl (C=O) groups is 1. The summed E-state index contributed by atoms with van der Waals surface area (Å²) < 4.78 is 0. The van der Waals surface area contributed by atoms with Gasteiger partial charge in [0.2, 0.25) is 0 Å². The molecule has 108 valence electrons. The molecule has 0 heterocycles. The van der Waals surface area contributed by atoms with Crippen molar-refractivity contribution in [3.05, 3.63) is 0 Å². The standard InChI is InChI=1S/C15H30O3.Na/c1-2-3-4-5-6-7-8-9-10-11-12-13-14(16)15(17)18;/h14,16H,2-13H2,1H3,(H,17,18);/q;+1/p-1. The van der Waals surface area contributed by atoms with Crippen LogP contribution in [-0.4, -0.2) is 17.2 Å². The number of hydrogen-bond donors (Lipinski definition) is 1. The fourth-order valence-electron chi connectivity index (χ4n) is 2.12. The molecule has 3 nitrogen and oxygen atoms in total. The van der Waals surface area contributed by atoms with E-state index in [-0.39, 0.29) is 29.6 Å². The summed E-state index contributed by atoms with van der Waals surface area (Å²) in [5.41, 5.74) is 0. The van der Waals surface area contributed by atoms with Crippen LogP contribution in [-0.2, 0) is 4.79 Å². The zero-order valence-electron chi connectivity index (χ0n) is 12.8. The maximum absolute atomic E-state index is 10.3. The van der Waals surface area contributed by atoms with E-state index in [4.69, 9.17) is 5.11 Å². The van der Waals surface area contributed by atoms with Gasteiger partial charge in [-0.15, -0.1) is 0 Å². The molecule has 1 atom stereocenters. The van der Waals surface area contributed by atoms with Crippen molar-refractivity contribution in [1.82, 2.24) is 0 Å². The van der Waals surface area contributed by atoms with Gasteiger partial charge in [-0.05, 0) is 6.42 Å². The number of unbranched alkanes of at least 4 members (excludes halogenated alkanes) is 10. The SMILES string of the molecule is CCCCCCCCCCCCCC(O)C(=O)[O-].[Na+]. The summed E-state index contributed by atoms with van der Waals surface area (Å²) in [7, 11) is 0. The normalized spacial score (nSPS) is 11.9. The predicted molar refractivity (Wildman–Crippen MR) is 72.1 cm³/mol. The molecule has 0 amide bonds. The molecule has 0 aromatic carbocycles. The van der Waals surface area contributed by atoms with Crippen molar-refractivity contribution in [2.45, 2.75) is 90.1 Å². The molecule has 0 aromatic heterocycles. The van der Waals surface area contributed by atoms with E-state index in [0.29, 0.717) is 6.42 Å². The van der Waals surface area contributed by atoms with Gasteiger partial charge in [0, 0.05) is 0 Å². The largest absolute Gasteiger partial charge is 1.00 e. The number of aliphatic carboxylic acids is 1. The number of hydrogen-bond acceptors (Lipinski definition) is 3. The van der Waals surface area contributed by atoms with E-state index in [1.165, 1.54) is 51.4 Å². The van der Waals surface area contributed by atoms with E-state index in [2.05, 4.69) is 6.92 Å². The molecule has 0 saturated carbocycles. The molecule has 0 aliphatic heterocycles. The zero-order chi connectivity index (χ0) is 13.6. The van der Waals surface area contributed by atoms with Gasteiger partial charge in [0.05, 0.1) is 12.1 Å². The van der Waals surface area contributed by atoms with Gasteiger partial charge in [-0.3, -0.25) is 0 Å². The molecule has 19 heavy (non-hydrogen) atoms. The van der Waals surface area contributed by atoms with Crippen LogP contribution < -0.4 is 34.7 Å². The molecular formula is C15H29NaO3. The Morgan fingerprint density at radius 1 is 0.895 bits per heavy atom. The Balaban J connectivity index is 0.